The van der Waals surface area contributed by atoms with Crippen molar-refractivity contribution in [3.05, 3.63) is 17.8 Å². The molecular formula is C9H12N2O3. The molecule has 1 saturated heterocycles. The van der Waals surface area contributed by atoms with Crippen molar-refractivity contribution >= 4 is 5.97 Å². The molecular weight excluding hydrogens is 184 g/mol. The number of carbonyl (C=O) groups is 1. The Hall–Kier alpha value is -1.36. The van der Waals surface area contributed by atoms with Gasteiger partial charge in [-0.15, -0.1) is 0 Å². The van der Waals surface area contributed by atoms with Crippen molar-refractivity contribution in [2.24, 2.45) is 0 Å². The van der Waals surface area contributed by atoms with Gasteiger partial charge >= 0.3 is 11.9 Å². The summed E-state index contributed by atoms with van der Waals surface area (Å²) in [6.45, 7) is 2.82. The van der Waals surface area contributed by atoms with Gasteiger partial charge in [0.25, 0.3) is 0 Å². The number of aromatic nitrogens is 1. The van der Waals surface area contributed by atoms with E-state index >= 15 is 0 Å². The Bertz CT molecular complexity index is 329. The van der Waals surface area contributed by atoms with Crippen molar-refractivity contribution in [3.8, 4) is 0 Å². The zero-order valence-electron chi connectivity index (χ0n) is 7.77. The topological polar surface area (TPSA) is 66.6 Å². The molecule has 2 heterocycles. The quantitative estimate of drug-likeness (QED) is 0.780. The number of rotatable bonds is 3. The molecule has 1 aliphatic heterocycles. The highest BCUT2D eigenvalue weighted by Gasteiger charge is 2.16. The molecule has 0 bridgehead atoms. The molecule has 1 aliphatic rings. The van der Waals surface area contributed by atoms with Crippen molar-refractivity contribution in [1.29, 1.82) is 0 Å². The smallest absolute Gasteiger partial charge is 0.392 e. The first-order valence-corrected chi connectivity index (χ1v) is 4.66. The number of likely N-dealkylation sites (tertiary alicyclic amines) is 1. The van der Waals surface area contributed by atoms with Crippen molar-refractivity contribution in [2.75, 3.05) is 13.1 Å². The fourth-order valence-electron chi connectivity index (χ4n) is 1.65. The molecule has 0 aromatic carbocycles. The molecule has 76 valence electrons. The molecule has 1 N–H and O–H groups in total. The number of carboxylic acid groups (broad SMARTS) is 1. The second kappa shape index (κ2) is 3.79. The summed E-state index contributed by atoms with van der Waals surface area (Å²) in [5.41, 5.74) is 0.698. The van der Waals surface area contributed by atoms with Crippen molar-refractivity contribution in [2.45, 2.75) is 19.4 Å². The second-order valence-corrected chi connectivity index (χ2v) is 3.43. The number of aromatic carboxylic acids is 1. The lowest BCUT2D eigenvalue weighted by Gasteiger charge is -2.11. The maximum Gasteiger partial charge on any atom is 0.392 e. The first kappa shape index (κ1) is 9.21. The van der Waals surface area contributed by atoms with Gasteiger partial charge in [0.15, 0.2) is 0 Å². The summed E-state index contributed by atoms with van der Waals surface area (Å²) in [7, 11) is 0. The standard InChI is InChI=1S/C9H12N2O3/c12-9(13)8-10-7(6-14-8)5-11-3-1-2-4-11/h6H,1-5H2,(H,12,13). The summed E-state index contributed by atoms with van der Waals surface area (Å²) >= 11 is 0. The van der Waals surface area contributed by atoms with Crippen LogP contribution in [-0.4, -0.2) is 34.0 Å². The van der Waals surface area contributed by atoms with E-state index in [1.54, 1.807) is 0 Å². The molecule has 0 unspecified atom stereocenters. The van der Waals surface area contributed by atoms with Gasteiger partial charge in [0.1, 0.15) is 6.26 Å². The van der Waals surface area contributed by atoms with Crippen LogP contribution in [0.25, 0.3) is 0 Å². The van der Waals surface area contributed by atoms with Crippen LogP contribution in [0.15, 0.2) is 10.7 Å². The molecule has 1 aromatic rings. The van der Waals surface area contributed by atoms with Crippen molar-refractivity contribution < 1.29 is 14.3 Å². The predicted octanol–water partition coefficient (Wildman–Crippen LogP) is 0.969. The summed E-state index contributed by atoms with van der Waals surface area (Å²) < 4.78 is 4.80. The van der Waals surface area contributed by atoms with Crippen molar-refractivity contribution in [1.82, 2.24) is 9.88 Å². The van der Waals surface area contributed by atoms with E-state index in [-0.39, 0.29) is 5.89 Å². The van der Waals surface area contributed by atoms with Crippen LogP contribution in [-0.2, 0) is 6.54 Å². The Balaban J connectivity index is 1.98. The van der Waals surface area contributed by atoms with Crippen LogP contribution >= 0.6 is 0 Å². The lowest BCUT2D eigenvalue weighted by Crippen LogP contribution is -2.18. The number of hydrogen-bond donors (Lipinski definition) is 1. The van der Waals surface area contributed by atoms with Crippen molar-refractivity contribution in [3.63, 3.8) is 0 Å². The predicted molar refractivity (Wildman–Crippen MR) is 48.0 cm³/mol. The summed E-state index contributed by atoms with van der Waals surface area (Å²) in [6.07, 6.45) is 3.84. The Labute approximate surface area is 81.3 Å². The van der Waals surface area contributed by atoms with E-state index in [4.69, 9.17) is 9.52 Å². The molecule has 0 radical (unpaired) electrons. The largest absolute Gasteiger partial charge is 0.474 e. The highest BCUT2D eigenvalue weighted by Crippen LogP contribution is 2.12. The zero-order chi connectivity index (χ0) is 9.97. The number of carboxylic acids is 1. The minimum Gasteiger partial charge on any atom is -0.474 e. The molecule has 5 heteroatoms. The van der Waals surface area contributed by atoms with Crippen LogP contribution in [0.3, 0.4) is 0 Å². The highest BCUT2D eigenvalue weighted by atomic mass is 16.4. The Morgan fingerprint density at radius 1 is 1.57 bits per heavy atom. The maximum absolute atomic E-state index is 10.5. The zero-order valence-corrected chi connectivity index (χ0v) is 7.77. The molecule has 2 rings (SSSR count). The SMILES string of the molecule is O=C(O)c1nc(CN2CCCC2)co1. The van der Waals surface area contributed by atoms with Gasteiger partial charge in [-0.05, 0) is 25.9 Å². The first-order chi connectivity index (χ1) is 6.75. The Morgan fingerprint density at radius 2 is 2.29 bits per heavy atom. The van der Waals surface area contributed by atoms with Gasteiger partial charge in [-0.25, -0.2) is 9.78 Å². The monoisotopic (exact) mass is 196 g/mol. The van der Waals surface area contributed by atoms with Gasteiger partial charge in [-0.2, -0.15) is 0 Å². The van der Waals surface area contributed by atoms with Gasteiger partial charge in [-0.3, -0.25) is 4.90 Å². The molecule has 14 heavy (non-hydrogen) atoms. The van der Waals surface area contributed by atoms with Crippen LogP contribution in [0, 0.1) is 0 Å². The third kappa shape index (κ3) is 1.93. The first-order valence-electron chi connectivity index (χ1n) is 4.66. The van der Waals surface area contributed by atoms with Crippen LogP contribution in [0.4, 0.5) is 0 Å². The van der Waals surface area contributed by atoms with E-state index in [0.29, 0.717) is 12.2 Å². The molecule has 5 nitrogen and oxygen atoms in total. The van der Waals surface area contributed by atoms with E-state index in [0.717, 1.165) is 13.1 Å². The van der Waals surface area contributed by atoms with Gasteiger partial charge in [-0.1, -0.05) is 0 Å². The third-order valence-corrected chi connectivity index (χ3v) is 2.32. The summed E-state index contributed by atoms with van der Waals surface area (Å²) in [4.78, 5) is 16.6. The van der Waals surface area contributed by atoms with Crippen LogP contribution in [0.5, 0.6) is 0 Å². The number of hydrogen-bond acceptors (Lipinski definition) is 4. The third-order valence-electron chi connectivity index (χ3n) is 2.32. The molecule has 1 aromatic heterocycles. The fraction of sp³-hybridized carbons (Fsp3) is 0.556. The van der Waals surface area contributed by atoms with Gasteiger partial charge in [0.2, 0.25) is 0 Å². The van der Waals surface area contributed by atoms with Gasteiger partial charge in [0.05, 0.1) is 5.69 Å². The van der Waals surface area contributed by atoms with Crippen LogP contribution in [0.1, 0.15) is 29.2 Å². The lowest BCUT2D eigenvalue weighted by atomic mass is 10.4. The van der Waals surface area contributed by atoms with E-state index in [2.05, 4.69) is 9.88 Å². The average molecular weight is 196 g/mol. The van der Waals surface area contributed by atoms with Gasteiger partial charge < -0.3 is 9.52 Å². The number of nitrogens with zero attached hydrogens (tertiary/aromatic N) is 2. The van der Waals surface area contributed by atoms with E-state index < -0.39 is 5.97 Å². The Morgan fingerprint density at radius 3 is 2.86 bits per heavy atom. The van der Waals surface area contributed by atoms with Crippen LogP contribution < -0.4 is 0 Å². The minimum absolute atomic E-state index is 0.223. The second-order valence-electron chi connectivity index (χ2n) is 3.43. The molecule has 0 amide bonds. The molecule has 0 spiro atoms. The minimum atomic E-state index is -1.11. The molecule has 0 saturated carbocycles. The average Bonchev–Trinajstić information content (AvgIpc) is 2.75. The van der Waals surface area contributed by atoms with E-state index in [9.17, 15) is 4.79 Å². The lowest BCUT2D eigenvalue weighted by molar-refractivity contribution is 0.0653. The normalized spacial score (nSPS) is 17.4. The molecule has 0 atom stereocenters. The molecule has 0 aliphatic carbocycles. The fourth-order valence-corrected chi connectivity index (χ4v) is 1.65. The molecule has 1 fully saturated rings. The Kier molecular flexibility index (Phi) is 2.49. The maximum atomic E-state index is 10.5. The van der Waals surface area contributed by atoms with Crippen LogP contribution in [0.2, 0.25) is 0 Å². The van der Waals surface area contributed by atoms with Gasteiger partial charge in [0, 0.05) is 6.54 Å². The van der Waals surface area contributed by atoms with E-state index in [1.807, 2.05) is 0 Å². The summed E-state index contributed by atoms with van der Waals surface area (Å²) in [5, 5.41) is 8.59. The number of oxazole rings is 1. The summed E-state index contributed by atoms with van der Waals surface area (Å²) in [5.74, 6) is -1.34. The summed E-state index contributed by atoms with van der Waals surface area (Å²) in [6, 6.07) is 0. The van der Waals surface area contributed by atoms with E-state index in [1.165, 1.54) is 19.1 Å². The highest BCUT2D eigenvalue weighted by molar-refractivity contribution is 5.82.